The molecule has 3 aromatic rings. The molecule has 0 radical (unpaired) electrons. The molecular weight excluding hydrogens is 486 g/mol. The van der Waals surface area contributed by atoms with Gasteiger partial charge in [-0.2, -0.15) is 0 Å². The molecule has 1 atom stereocenters. The van der Waals surface area contributed by atoms with Crippen molar-refractivity contribution in [3.63, 3.8) is 0 Å². The van der Waals surface area contributed by atoms with Crippen molar-refractivity contribution >= 4 is 34.9 Å². The molecule has 194 valence electrons. The summed E-state index contributed by atoms with van der Waals surface area (Å²) in [6.45, 7) is 3.39. The molecule has 0 saturated heterocycles. The zero-order valence-corrected chi connectivity index (χ0v) is 21.1. The second kappa shape index (κ2) is 10.0. The first-order chi connectivity index (χ1) is 18.3. The number of amides is 3. The summed E-state index contributed by atoms with van der Waals surface area (Å²) >= 11 is 0. The molecule has 1 unspecified atom stereocenters. The second-order valence-corrected chi connectivity index (χ2v) is 9.35. The highest BCUT2D eigenvalue weighted by atomic mass is 16.7. The first-order valence-electron chi connectivity index (χ1n) is 12.3. The smallest absolute Gasteiger partial charge is 0.299 e. The van der Waals surface area contributed by atoms with E-state index in [2.05, 4.69) is 5.32 Å². The van der Waals surface area contributed by atoms with E-state index < -0.39 is 29.0 Å². The third kappa shape index (κ3) is 4.47. The number of rotatable bonds is 8. The van der Waals surface area contributed by atoms with Crippen LogP contribution in [0, 0.1) is 0 Å². The molecule has 5 rings (SSSR count). The molecule has 0 bridgehead atoms. The first kappa shape index (κ1) is 25.0. The van der Waals surface area contributed by atoms with E-state index in [4.69, 9.17) is 9.47 Å². The normalized spacial score (nSPS) is 15.2. The molecule has 2 aliphatic heterocycles. The number of para-hydroxylation sites is 1. The summed E-state index contributed by atoms with van der Waals surface area (Å²) in [5.41, 5.74) is 0.688. The van der Waals surface area contributed by atoms with Crippen molar-refractivity contribution in [1.29, 1.82) is 0 Å². The van der Waals surface area contributed by atoms with Crippen molar-refractivity contribution in [1.82, 2.24) is 4.90 Å². The quantitative estimate of drug-likeness (QED) is 0.460. The maximum atomic E-state index is 13.9. The highest BCUT2D eigenvalue weighted by Gasteiger charge is 2.43. The Morgan fingerprint density at radius 3 is 2.45 bits per heavy atom. The summed E-state index contributed by atoms with van der Waals surface area (Å²) < 4.78 is 10.8. The molecule has 2 aliphatic rings. The monoisotopic (exact) mass is 513 g/mol. The van der Waals surface area contributed by atoms with E-state index in [9.17, 15) is 19.2 Å². The SMILES string of the molecule is CCC(C)(C(=O)Nc1ccc2c(c1)OCO2)N(Cc1ccccc1)C(=O)CN1C(=O)C(=O)c2ccccc21. The van der Waals surface area contributed by atoms with Gasteiger partial charge in [0.25, 0.3) is 11.7 Å². The highest BCUT2D eigenvalue weighted by molar-refractivity contribution is 6.52. The van der Waals surface area contributed by atoms with Gasteiger partial charge in [0.1, 0.15) is 12.1 Å². The van der Waals surface area contributed by atoms with Crippen LogP contribution in [-0.2, 0) is 20.9 Å². The van der Waals surface area contributed by atoms with Crippen molar-refractivity contribution in [3.8, 4) is 11.5 Å². The van der Waals surface area contributed by atoms with Crippen LogP contribution in [0.3, 0.4) is 0 Å². The molecule has 0 aromatic heterocycles. The van der Waals surface area contributed by atoms with Crippen LogP contribution in [0.1, 0.15) is 36.2 Å². The Labute approximate surface area is 219 Å². The van der Waals surface area contributed by atoms with Gasteiger partial charge in [-0.05, 0) is 43.2 Å². The van der Waals surface area contributed by atoms with Gasteiger partial charge in [-0.1, -0.05) is 49.4 Å². The van der Waals surface area contributed by atoms with Crippen molar-refractivity contribution in [2.24, 2.45) is 0 Å². The molecule has 9 heteroatoms. The number of hydrogen-bond donors (Lipinski definition) is 1. The van der Waals surface area contributed by atoms with Gasteiger partial charge in [0.15, 0.2) is 11.5 Å². The molecule has 38 heavy (non-hydrogen) atoms. The fraction of sp³-hybridized carbons (Fsp3) is 0.241. The average Bonchev–Trinajstić information content (AvgIpc) is 3.50. The summed E-state index contributed by atoms with van der Waals surface area (Å²) in [6, 6.07) is 21.0. The number of nitrogens with one attached hydrogen (secondary N) is 1. The lowest BCUT2D eigenvalue weighted by molar-refractivity contribution is -0.145. The number of ether oxygens (including phenoxy) is 2. The highest BCUT2D eigenvalue weighted by Crippen LogP contribution is 2.35. The minimum absolute atomic E-state index is 0.111. The van der Waals surface area contributed by atoms with Gasteiger partial charge in [0.05, 0.1) is 11.3 Å². The van der Waals surface area contributed by atoms with Crippen molar-refractivity contribution in [3.05, 3.63) is 83.9 Å². The first-order valence-corrected chi connectivity index (χ1v) is 12.3. The molecule has 0 saturated carbocycles. The summed E-state index contributed by atoms with van der Waals surface area (Å²) in [5, 5.41) is 2.91. The Hall–Kier alpha value is -4.66. The van der Waals surface area contributed by atoms with Gasteiger partial charge >= 0.3 is 0 Å². The average molecular weight is 514 g/mol. The van der Waals surface area contributed by atoms with Gasteiger partial charge in [-0.3, -0.25) is 24.1 Å². The third-order valence-corrected chi connectivity index (χ3v) is 7.06. The van der Waals surface area contributed by atoms with Gasteiger partial charge in [0.2, 0.25) is 18.6 Å². The van der Waals surface area contributed by atoms with Crippen LogP contribution < -0.4 is 19.7 Å². The number of anilines is 2. The predicted molar refractivity (Wildman–Crippen MR) is 140 cm³/mol. The zero-order chi connectivity index (χ0) is 26.9. The lowest BCUT2D eigenvalue weighted by Gasteiger charge is -2.40. The molecule has 9 nitrogen and oxygen atoms in total. The van der Waals surface area contributed by atoms with Crippen LogP contribution in [0.5, 0.6) is 11.5 Å². The minimum Gasteiger partial charge on any atom is -0.454 e. The molecule has 0 spiro atoms. The number of Topliss-reactive ketones (excluding diaryl/α,β-unsaturated/α-hetero) is 1. The maximum absolute atomic E-state index is 13.9. The molecule has 0 aliphatic carbocycles. The van der Waals surface area contributed by atoms with Gasteiger partial charge < -0.3 is 19.7 Å². The van der Waals surface area contributed by atoms with Crippen molar-refractivity contribution < 1.29 is 28.7 Å². The molecule has 0 fully saturated rings. The number of ketones is 1. The Morgan fingerprint density at radius 2 is 1.68 bits per heavy atom. The van der Waals surface area contributed by atoms with Crippen LogP contribution in [0.4, 0.5) is 11.4 Å². The van der Waals surface area contributed by atoms with E-state index in [1.54, 1.807) is 49.4 Å². The van der Waals surface area contributed by atoms with E-state index >= 15 is 0 Å². The van der Waals surface area contributed by atoms with E-state index in [1.165, 1.54) is 9.80 Å². The van der Waals surface area contributed by atoms with Crippen molar-refractivity contribution in [2.45, 2.75) is 32.4 Å². The van der Waals surface area contributed by atoms with Crippen LogP contribution in [0.2, 0.25) is 0 Å². The van der Waals surface area contributed by atoms with Gasteiger partial charge in [-0.15, -0.1) is 0 Å². The number of benzene rings is 3. The maximum Gasteiger partial charge on any atom is 0.299 e. The molecule has 1 N–H and O–H groups in total. The fourth-order valence-corrected chi connectivity index (χ4v) is 4.64. The summed E-state index contributed by atoms with van der Waals surface area (Å²) in [6.07, 6.45) is 0.297. The zero-order valence-electron chi connectivity index (χ0n) is 21.1. The van der Waals surface area contributed by atoms with E-state index in [-0.39, 0.29) is 25.4 Å². The van der Waals surface area contributed by atoms with Crippen LogP contribution >= 0.6 is 0 Å². The lowest BCUT2D eigenvalue weighted by atomic mass is 9.93. The minimum atomic E-state index is -1.28. The van der Waals surface area contributed by atoms with E-state index in [1.807, 2.05) is 37.3 Å². The summed E-state index contributed by atoms with van der Waals surface area (Å²) in [7, 11) is 0. The third-order valence-electron chi connectivity index (χ3n) is 7.06. The van der Waals surface area contributed by atoms with Crippen LogP contribution in [0.15, 0.2) is 72.8 Å². The lowest BCUT2D eigenvalue weighted by Crippen LogP contribution is -2.58. The Morgan fingerprint density at radius 1 is 0.974 bits per heavy atom. The Balaban J connectivity index is 1.45. The summed E-state index contributed by atoms with van der Waals surface area (Å²) in [5.74, 6) is -1.16. The van der Waals surface area contributed by atoms with Crippen molar-refractivity contribution in [2.75, 3.05) is 23.6 Å². The Bertz CT molecular complexity index is 1420. The van der Waals surface area contributed by atoms with Crippen LogP contribution in [-0.4, -0.2) is 47.3 Å². The number of hydrogen-bond acceptors (Lipinski definition) is 6. The van der Waals surface area contributed by atoms with E-state index in [0.29, 0.717) is 29.3 Å². The fourth-order valence-electron chi connectivity index (χ4n) is 4.64. The largest absolute Gasteiger partial charge is 0.454 e. The van der Waals surface area contributed by atoms with Crippen LogP contribution in [0.25, 0.3) is 0 Å². The molecule has 3 amide bonds. The second-order valence-electron chi connectivity index (χ2n) is 9.35. The summed E-state index contributed by atoms with van der Waals surface area (Å²) in [4.78, 5) is 55.6. The number of carbonyl (C=O) groups excluding carboxylic acids is 4. The van der Waals surface area contributed by atoms with E-state index in [0.717, 1.165) is 5.56 Å². The van der Waals surface area contributed by atoms with Gasteiger partial charge in [0, 0.05) is 18.3 Å². The number of nitrogens with zero attached hydrogens (tertiary/aromatic N) is 2. The Kier molecular flexibility index (Phi) is 6.59. The molecule has 3 aromatic carbocycles. The molecular formula is C29H27N3O6. The number of fused-ring (bicyclic) bond motifs is 2. The standard InChI is InChI=1S/C29H27N3O6/c1-3-29(2,28(36)30-20-13-14-23-24(15-20)38-18-37-23)32(16-19-9-5-4-6-10-19)25(33)17-31-22-12-8-7-11-21(22)26(34)27(31)35/h4-15H,3,16-18H2,1-2H3,(H,30,36). The predicted octanol–water partition coefficient (Wildman–Crippen LogP) is 3.78. The van der Waals surface area contributed by atoms with Gasteiger partial charge in [-0.25, -0.2) is 0 Å². The number of carbonyl (C=O) groups is 4. The topological polar surface area (TPSA) is 105 Å². The molecule has 2 heterocycles.